The van der Waals surface area contributed by atoms with Gasteiger partial charge in [-0.05, 0) is 60.5 Å². The predicted octanol–water partition coefficient (Wildman–Crippen LogP) is 4.63. The minimum Gasteiger partial charge on any atom is -0.423 e. The standard InChI is InChI=1S/C22H17ClN2O3/c1-15-5-2-3-8-20(15)21(26)25-24-14-16-6-4-7-19(13-16)28-22(27)17-9-11-18(23)12-10-17/h2-14H,1H3,(H,25,26)/b24-14+. The summed E-state index contributed by atoms with van der Waals surface area (Å²) in [4.78, 5) is 24.3. The molecule has 0 aliphatic heterocycles. The number of hydrogen-bond donors (Lipinski definition) is 1. The van der Waals surface area contributed by atoms with Crippen LogP contribution in [-0.4, -0.2) is 18.1 Å². The number of nitrogens with one attached hydrogen (secondary N) is 1. The molecule has 0 fully saturated rings. The zero-order chi connectivity index (χ0) is 19.9. The Kier molecular flexibility index (Phi) is 6.19. The SMILES string of the molecule is Cc1ccccc1C(=O)N/N=C/c1cccc(OC(=O)c2ccc(Cl)cc2)c1. The highest BCUT2D eigenvalue weighted by atomic mass is 35.5. The van der Waals surface area contributed by atoms with Gasteiger partial charge in [0.1, 0.15) is 5.75 Å². The van der Waals surface area contributed by atoms with Crippen LogP contribution < -0.4 is 10.2 Å². The number of aryl methyl sites for hydroxylation is 1. The zero-order valence-electron chi connectivity index (χ0n) is 15.1. The Hall–Kier alpha value is -3.44. The van der Waals surface area contributed by atoms with E-state index in [1.54, 1.807) is 60.7 Å². The Morgan fingerprint density at radius 2 is 1.75 bits per heavy atom. The molecule has 3 aromatic carbocycles. The number of nitrogens with zero attached hydrogens (tertiary/aromatic N) is 1. The summed E-state index contributed by atoms with van der Waals surface area (Å²) < 4.78 is 5.36. The van der Waals surface area contributed by atoms with Gasteiger partial charge in [-0.15, -0.1) is 0 Å². The number of rotatable bonds is 5. The Morgan fingerprint density at radius 3 is 2.50 bits per heavy atom. The second-order valence-corrected chi connectivity index (χ2v) is 6.42. The van der Waals surface area contributed by atoms with Crippen LogP contribution in [0.3, 0.4) is 0 Å². The molecule has 1 N–H and O–H groups in total. The highest BCUT2D eigenvalue weighted by Gasteiger charge is 2.09. The third-order valence-corrected chi connectivity index (χ3v) is 4.17. The first kappa shape index (κ1) is 19.3. The van der Waals surface area contributed by atoms with E-state index in [-0.39, 0.29) is 5.91 Å². The summed E-state index contributed by atoms with van der Waals surface area (Å²) in [5.41, 5.74) is 4.99. The third-order valence-electron chi connectivity index (χ3n) is 3.92. The molecule has 0 bridgehead atoms. The van der Waals surface area contributed by atoms with E-state index in [4.69, 9.17) is 16.3 Å². The Balaban J connectivity index is 1.63. The Labute approximate surface area is 167 Å². The fraction of sp³-hybridized carbons (Fsp3) is 0.0455. The largest absolute Gasteiger partial charge is 0.423 e. The van der Waals surface area contributed by atoms with E-state index in [1.807, 2.05) is 19.1 Å². The molecule has 0 radical (unpaired) electrons. The van der Waals surface area contributed by atoms with Crippen molar-refractivity contribution in [2.75, 3.05) is 0 Å². The maximum absolute atomic E-state index is 12.2. The molecule has 0 saturated carbocycles. The van der Waals surface area contributed by atoms with Gasteiger partial charge in [-0.2, -0.15) is 5.10 Å². The van der Waals surface area contributed by atoms with Crippen molar-refractivity contribution in [2.45, 2.75) is 6.92 Å². The highest BCUT2D eigenvalue weighted by molar-refractivity contribution is 6.30. The molecule has 140 valence electrons. The van der Waals surface area contributed by atoms with Gasteiger partial charge in [-0.3, -0.25) is 4.79 Å². The molecule has 0 unspecified atom stereocenters. The minimum atomic E-state index is -0.487. The van der Waals surface area contributed by atoms with Gasteiger partial charge in [-0.25, -0.2) is 10.2 Å². The van der Waals surface area contributed by atoms with Crippen molar-refractivity contribution in [3.63, 3.8) is 0 Å². The smallest absolute Gasteiger partial charge is 0.343 e. The van der Waals surface area contributed by atoms with E-state index in [0.29, 0.717) is 27.5 Å². The number of benzene rings is 3. The van der Waals surface area contributed by atoms with Crippen molar-refractivity contribution in [3.05, 3.63) is 100 Å². The molecule has 5 nitrogen and oxygen atoms in total. The summed E-state index contributed by atoms with van der Waals surface area (Å²) in [7, 11) is 0. The lowest BCUT2D eigenvalue weighted by Crippen LogP contribution is -2.18. The summed E-state index contributed by atoms with van der Waals surface area (Å²) in [6.07, 6.45) is 1.48. The number of hydrazone groups is 1. The molecular weight excluding hydrogens is 376 g/mol. The van der Waals surface area contributed by atoms with Gasteiger partial charge in [0, 0.05) is 10.6 Å². The lowest BCUT2D eigenvalue weighted by molar-refractivity contribution is 0.0734. The number of ether oxygens (including phenoxy) is 1. The van der Waals surface area contributed by atoms with Crippen LogP contribution in [0.4, 0.5) is 0 Å². The van der Waals surface area contributed by atoms with Gasteiger partial charge in [0.15, 0.2) is 0 Å². The molecule has 6 heteroatoms. The first-order valence-corrected chi connectivity index (χ1v) is 8.87. The summed E-state index contributed by atoms with van der Waals surface area (Å²) >= 11 is 5.82. The molecule has 1 amide bonds. The van der Waals surface area contributed by atoms with Gasteiger partial charge in [0.05, 0.1) is 11.8 Å². The van der Waals surface area contributed by atoms with E-state index in [0.717, 1.165) is 5.56 Å². The fourth-order valence-corrected chi connectivity index (χ4v) is 2.59. The van der Waals surface area contributed by atoms with E-state index in [9.17, 15) is 9.59 Å². The first-order valence-electron chi connectivity index (χ1n) is 8.50. The van der Waals surface area contributed by atoms with Gasteiger partial charge >= 0.3 is 5.97 Å². The lowest BCUT2D eigenvalue weighted by atomic mass is 10.1. The predicted molar refractivity (Wildman–Crippen MR) is 109 cm³/mol. The molecule has 0 spiro atoms. The minimum absolute atomic E-state index is 0.292. The highest BCUT2D eigenvalue weighted by Crippen LogP contribution is 2.16. The molecule has 0 atom stereocenters. The van der Waals surface area contributed by atoms with Crippen LogP contribution >= 0.6 is 11.6 Å². The summed E-state index contributed by atoms with van der Waals surface area (Å²) in [5.74, 6) is -0.410. The van der Waals surface area contributed by atoms with Gasteiger partial charge < -0.3 is 4.74 Å². The molecule has 0 heterocycles. The summed E-state index contributed by atoms with van der Waals surface area (Å²) in [6.45, 7) is 1.86. The molecule has 3 aromatic rings. The van der Waals surface area contributed by atoms with Crippen LogP contribution in [0.1, 0.15) is 31.8 Å². The van der Waals surface area contributed by atoms with Crippen molar-refractivity contribution in [1.29, 1.82) is 0 Å². The van der Waals surface area contributed by atoms with Crippen molar-refractivity contribution < 1.29 is 14.3 Å². The number of halogens is 1. The van der Waals surface area contributed by atoms with Crippen LogP contribution in [0.5, 0.6) is 5.75 Å². The van der Waals surface area contributed by atoms with Crippen molar-refractivity contribution in [3.8, 4) is 5.75 Å². The van der Waals surface area contributed by atoms with Crippen molar-refractivity contribution in [2.24, 2.45) is 5.10 Å². The second-order valence-electron chi connectivity index (χ2n) is 5.98. The van der Waals surface area contributed by atoms with Crippen molar-refractivity contribution >= 4 is 29.7 Å². The van der Waals surface area contributed by atoms with E-state index in [1.165, 1.54) is 6.21 Å². The molecule has 3 rings (SSSR count). The topological polar surface area (TPSA) is 67.8 Å². The first-order chi connectivity index (χ1) is 13.5. The molecule has 0 saturated heterocycles. The molecule has 0 aliphatic rings. The number of carbonyl (C=O) groups excluding carboxylic acids is 2. The monoisotopic (exact) mass is 392 g/mol. The molecule has 0 aliphatic carbocycles. The Bertz CT molecular complexity index is 1030. The number of hydrogen-bond acceptors (Lipinski definition) is 4. The average Bonchev–Trinajstić information content (AvgIpc) is 2.69. The number of carbonyl (C=O) groups is 2. The lowest BCUT2D eigenvalue weighted by Gasteiger charge is -2.05. The van der Waals surface area contributed by atoms with Crippen LogP contribution in [-0.2, 0) is 0 Å². The zero-order valence-corrected chi connectivity index (χ0v) is 15.8. The molecular formula is C22H17ClN2O3. The van der Waals surface area contributed by atoms with Crippen molar-refractivity contribution in [1.82, 2.24) is 5.43 Å². The van der Waals surface area contributed by atoms with Gasteiger partial charge in [0.2, 0.25) is 0 Å². The number of esters is 1. The van der Waals surface area contributed by atoms with Crippen LogP contribution in [0, 0.1) is 6.92 Å². The van der Waals surface area contributed by atoms with Crippen LogP contribution in [0.2, 0.25) is 5.02 Å². The molecule has 0 aromatic heterocycles. The van der Waals surface area contributed by atoms with E-state index < -0.39 is 5.97 Å². The van der Waals surface area contributed by atoms with Crippen LogP contribution in [0.25, 0.3) is 0 Å². The van der Waals surface area contributed by atoms with Gasteiger partial charge in [0.25, 0.3) is 5.91 Å². The van der Waals surface area contributed by atoms with Crippen LogP contribution in [0.15, 0.2) is 77.9 Å². The normalized spacial score (nSPS) is 10.6. The quantitative estimate of drug-likeness (QED) is 0.298. The van der Waals surface area contributed by atoms with E-state index in [2.05, 4.69) is 10.5 Å². The fourth-order valence-electron chi connectivity index (χ4n) is 2.46. The maximum Gasteiger partial charge on any atom is 0.343 e. The van der Waals surface area contributed by atoms with Gasteiger partial charge in [-0.1, -0.05) is 41.9 Å². The summed E-state index contributed by atoms with van der Waals surface area (Å²) in [5, 5.41) is 4.51. The third kappa shape index (κ3) is 5.05. The summed E-state index contributed by atoms with van der Waals surface area (Å²) in [6, 6.07) is 20.5. The second kappa shape index (κ2) is 8.97. The van der Waals surface area contributed by atoms with E-state index >= 15 is 0 Å². The average molecular weight is 393 g/mol. The molecule has 28 heavy (non-hydrogen) atoms. The number of amides is 1. The Morgan fingerprint density at radius 1 is 1.00 bits per heavy atom. The maximum atomic E-state index is 12.2.